The normalized spacial score (nSPS) is 29.9. The van der Waals surface area contributed by atoms with Crippen LogP contribution in [0.5, 0.6) is 5.75 Å². The summed E-state index contributed by atoms with van der Waals surface area (Å²) in [7, 11) is 0. The van der Waals surface area contributed by atoms with Crippen LogP contribution in [-0.2, 0) is 16.0 Å². The number of carbonyl (C=O) groups excluding carboxylic acids is 1. The fourth-order valence-corrected chi connectivity index (χ4v) is 3.43. The van der Waals surface area contributed by atoms with Crippen molar-refractivity contribution in [3.8, 4) is 5.75 Å². The number of aliphatic hydroxyl groups excluding tert-OH is 1. The molecule has 3 atom stereocenters. The van der Waals surface area contributed by atoms with Crippen LogP contribution in [0.2, 0.25) is 0 Å². The van der Waals surface area contributed by atoms with Crippen LogP contribution >= 0.6 is 0 Å². The van der Waals surface area contributed by atoms with Crippen LogP contribution < -0.4 is 4.74 Å². The number of rotatable bonds is 5. The number of aliphatic hydroxyl groups is 1. The molecule has 2 aliphatic rings. The molecule has 0 bridgehead atoms. The molecule has 0 spiro atoms. The number of para-hydroxylation sites is 1. The monoisotopic (exact) mass is 333 g/mol. The molecule has 3 unspecified atom stereocenters. The Bertz CT molecular complexity index is 584. The van der Waals surface area contributed by atoms with Crippen molar-refractivity contribution in [2.45, 2.75) is 32.8 Å². The number of likely N-dealkylation sites (tertiary alicyclic amines) is 1. The zero-order valence-corrected chi connectivity index (χ0v) is 14.5. The van der Waals surface area contributed by atoms with E-state index in [0.29, 0.717) is 32.0 Å². The van der Waals surface area contributed by atoms with Crippen LogP contribution in [0.4, 0.5) is 0 Å². The Morgan fingerprint density at radius 2 is 2.25 bits per heavy atom. The van der Waals surface area contributed by atoms with Gasteiger partial charge in [0.1, 0.15) is 11.9 Å². The Balaban J connectivity index is 1.66. The SMILES string of the molecule is CC1CN(C(=O)Cc2ccccc2OC2CCOC2)CC1(C)CO. The van der Waals surface area contributed by atoms with Gasteiger partial charge < -0.3 is 19.5 Å². The third-order valence-corrected chi connectivity index (χ3v) is 5.45. The van der Waals surface area contributed by atoms with E-state index < -0.39 is 0 Å². The van der Waals surface area contributed by atoms with Crippen molar-refractivity contribution in [3.63, 3.8) is 0 Å². The summed E-state index contributed by atoms with van der Waals surface area (Å²) in [6.07, 6.45) is 1.30. The van der Waals surface area contributed by atoms with Gasteiger partial charge in [-0.15, -0.1) is 0 Å². The van der Waals surface area contributed by atoms with E-state index in [-0.39, 0.29) is 24.0 Å². The van der Waals surface area contributed by atoms with Gasteiger partial charge in [0, 0.05) is 30.5 Å². The quantitative estimate of drug-likeness (QED) is 0.894. The second kappa shape index (κ2) is 7.11. The minimum Gasteiger partial charge on any atom is -0.488 e. The summed E-state index contributed by atoms with van der Waals surface area (Å²) in [4.78, 5) is 14.6. The third-order valence-electron chi connectivity index (χ3n) is 5.45. The van der Waals surface area contributed by atoms with Crippen molar-refractivity contribution in [1.29, 1.82) is 0 Å². The standard InChI is InChI=1S/C19H27NO4/c1-14-10-20(12-19(14,2)13-21)18(22)9-15-5-3-4-6-17(15)24-16-7-8-23-11-16/h3-6,14,16,21H,7-13H2,1-2H3. The van der Waals surface area contributed by atoms with E-state index in [1.54, 1.807) is 0 Å². The van der Waals surface area contributed by atoms with E-state index in [1.165, 1.54) is 0 Å². The van der Waals surface area contributed by atoms with Crippen LogP contribution in [0, 0.1) is 11.3 Å². The van der Waals surface area contributed by atoms with E-state index in [1.807, 2.05) is 36.1 Å². The summed E-state index contributed by atoms with van der Waals surface area (Å²) in [5.74, 6) is 1.17. The highest BCUT2D eigenvalue weighted by atomic mass is 16.5. The highest BCUT2D eigenvalue weighted by Crippen LogP contribution is 2.35. The maximum atomic E-state index is 12.7. The molecule has 1 aromatic rings. The van der Waals surface area contributed by atoms with Gasteiger partial charge in [0.15, 0.2) is 0 Å². The fraction of sp³-hybridized carbons (Fsp3) is 0.632. The molecule has 3 rings (SSSR count). The van der Waals surface area contributed by atoms with Crippen molar-refractivity contribution >= 4 is 5.91 Å². The molecule has 0 aliphatic carbocycles. The van der Waals surface area contributed by atoms with Gasteiger partial charge in [-0.3, -0.25) is 4.79 Å². The lowest BCUT2D eigenvalue weighted by Gasteiger charge is -2.25. The molecule has 132 valence electrons. The largest absolute Gasteiger partial charge is 0.488 e. The van der Waals surface area contributed by atoms with Gasteiger partial charge in [-0.1, -0.05) is 32.0 Å². The molecule has 2 fully saturated rings. The van der Waals surface area contributed by atoms with Crippen LogP contribution in [0.15, 0.2) is 24.3 Å². The molecule has 0 radical (unpaired) electrons. The average molecular weight is 333 g/mol. The molecule has 24 heavy (non-hydrogen) atoms. The van der Waals surface area contributed by atoms with E-state index >= 15 is 0 Å². The lowest BCUT2D eigenvalue weighted by molar-refractivity contribution is -0.130. The molecule has 5 heteroatoms. The van der Waals surface area contributed by atoms with Crippen LogP contribution in [0.25, 0.3) is 0 Å². The van der Waals surface area contributed by atoms with Crippen LogP contribution in [0.3, 0.4) is 0 Å². The van der Waals surface area contributed by atoms with Crippen LogP contribution in [-0.4, -0.2) is 54.9 Å². The minimum atomic E-state index is -0.202. The second-order valence-corrected chi connectivity index (χ2v) is 7.38. The fourth-order valence-electron chi connectivity index (χ4n) is 3.43. The number of nitrogens with zero attached hydrogens (tertiary/aromatic N) is 1. The molecule has 0 saturated carbocycles. The molecule has 1 aromatic carbocycles. The van der Waals surface area contributed by atoms with Gasteiger partial charge in [0.25, 0.3) is 0 Å². The number of benzene rings is 1. The summed E-state index contributed by atoms with van der Waals surface area (Å²) >= 11 is 0. The summed E-state index contributed by atoms with van der Waals surface area (Å²) in [5, 5.41) is 9.62. The van der Waals surface area contributed by atoms with Gasteiger partial charge in [0.2, 0.25) is 5.91 Å². The summed E-state index contributed by atoms with van der Waals surface area (Å²) in [6.45, 7) is 6.92. The lowest BCUT2D eigenvalue weighted by atomic mass is 9.82. The molecule has 5 nitrogen and oxygen atoms in total. The zero-order valence-electron chi connectivity index (χ0n) is 14.5. The Kier molecular flexibility index (Phi) is 5.11. The molecular weight excluding hydrogens is 306 g/mol. The van der Waals surface area contributed by atoms with E-state index in [2.05, 4.69) is 6.92 Å². The third kappa shape index (κ3) is 3.57. The number of amides is 1. The summed E-state index contributed by atoms with van der Waals surface area (Å²) in [5.41, 5.74) is 0.715. The van der Waals surface area contributed by atoms with Crippen molar-refractivity contribution in [1.82, 2.24) is 4.90 Å². The first-order chi connectivity index (χ1) is 11.5. The Labute approximate surface area is 143 Å². The first-order valence-electron chi connectivity index (χ1n) is 8.73. The predicted octanol–water partition coefficient (Wildman–Crippen LogP) is 1.87. The van der Waals surface area contributed by atoms with Crippen molar-refractivity contribution < 1.29 is 19.4 Å². The Morgan fingerprint density at radius 3 is 2.92 bits per heavy atom. The van der Waals surface area contributed by atoms with Gasteiger partial charge in [-0.2, -0.15) is 0 Å². The lowest BCUT2D eigenvalue weighted by Crippen LogP contribution is -2.34. The number of hydrogen-bond acceptors (Lipinski definition) is 4. The molecule has 2 aliphatic heterocycles. The maximum Gasteiger partial charge on any atom is 0.227 e. The highest BCUT2D eigenvalue weighted by molar-refractivity contribution is 5.80. The summed E-state index contributed by atoms with van der Waals surface area (Å²) < 4.78 is 11.4. The predicted molar refractivity (Wildman–Crippen MR) is 90.9 cm³/mol. The van der Waals surface area contributed by atoms with Crippen LogP contribution in [0.1, 0.15) is 25.8 Å². The Morgan fingerprint density at radius 1 is 1.46 bits per heavy atom. The van der Waals surface area contributed by atoms with Gasteiger partial charge in [-0.25, -0.2) is 0 Å². The second-order valence-electron chi connectivity index (χ2n) is 7.38. The molecule has 2 saturated heterocycles. The van der Waals surface area contributed by atoms with E-state index in [4.69, 9.17) is 9.47 Å². The van der Waals surface area contributed by atoms with E-state index in [9.17, 15) is 9.90 Å². The molecular formula is C19H27NO4. The first-order valence-corrected chi connectivity index (χ1v) is 8.73. The van der Waals surface area contributed by atoms with Crippen molar-refractivity contribution in [2.75, 3.05) is 32.9 Å². The maximum absolute atomic E-state index is 12.7. The van der Waals surface area contributed by atoms with Gasteiger partial charge >= 0.3 is 0 Å². The van der Waals surface area contributed by atoms with Crippen molar-refractivity contribution in [2.24, 2.45) is 11.3 Å². The Hall–Kier alpha value is -1.59. The molecule has 1 amide bonds. The van der Waals surface area contributed by atoms with E-state index in [0.717, 1.165) is 24.3 Å². The molecule has 2 heterocycles. The van der Waals surface area contributed by atoms with Crippen molar-refractivity contribution in [3.05, 3.63) is 29.8 Å². The average Bonchev–Trinajstić information content (AvgIpc) is 3.18. The zero-order chi connectivity index (χ0) is 17.2. The van der Waals surface area contributed by atoms with Gasteiger partial charge in [0.05, 0.1) is 26.2 Å². The topological polar surface area (TPSA) is 59.0 Å². The summed E-state index contributed by atoms with van der Waals surface area (Å²) in [6, 6.07) is 7.74. The minimum absolute atomic E-state index is 0.0748. The molecule has 1 N–H and O–H groups in total. The smallest absolute Gasteiger partial charge is 0.227 e. The number of hydrogen-bond donors (Lipinski definition) is 1. The number of carbonyl (C=O) groups is 1. The first kappa shape index (κ1) is 17.2. The molecule has 0 aromatic heterocycles. The van der Waals surface area contributed by atoms with Gasteiger partial charge in [-0.05, 0) is 12.0 Å². The number of ether oxygens (including phenoxy) is 2. The highest BCUT2D eigenvalue weighted by Gasteiger charge is 2.41.